The van der Waals surface area contributed by atoms with Crippen molar-refractivity contribution in [3.05, 3.63) is 35.9 Å². The molecule has 1 N–H and O–H groups in total. The van der Waals surface area contributed by atoms with Gasteiger partial charge in [0.05, 0.1) is 0 Å². The van der Waals surface area contributed by atoms with E-state index in [1.165, 1.54) is 18.2 Å². The molecule has 1 aromatic rings. The summed E-state index contributed by atoms with van der Waals surface area (Å²) in [5.74, 6) is 0. The molecule has 1 heterocycles. The summed E-state index contributed by atoms with van der Waals surface area (Å²) in [6.45, 7) is 0.833. The molecule has 0 aliphatic carbocycles. The van der Waals surface area contributed by atoms with Crippen LogP contribution in [0.1, 0.15) is 30.3 Å². The topological polar surface area (TPSA) is 29.5 Å². The van der Waals surface area contributed by atoms with Crippen molar-refractivity contribution in [2.75, 3.05) is 6.61 Å². The molecular weight excluding hydrogens is 208 g/mol. The molecule has 0 aromatic heterocycles. The molecule has 0 radical (unpaired) electrons. The Morgan fingerprint density at radius 1 is 1.27 bits per heavy atom. The molecule has 82 valence electrons. The number of benzene rings is 1. The molecule has 0 saturated carbocycles. The number of aliphatic hydroxyl groups is 1. The minimum atomic E-state index is -0.464. The van der Waals surface area contributed by atoms with Gasteiger partial charge in [0.1, 0.15) is 10.9 Å². The molecule has 2 unspecified atom stereocenters. The number of rotatable bonds is 3. The van der Waals surface area contributed by atoms with Crippen LogP contribution >= 0.6 is 11.8 Å². The first-order valence-electron chi connectivity index (χ1n) is 5.36. The van der Waals surface area contributed by atoms with Gasteiger partial charge in [-0.3, -0.25) is 0 Å². The van der Waals surface area contributed by atoms with Crippen molar-refractivity contribution in [2.45, 2.75) is 30.1 Å². The van der Waals surface area contributed by atoms with Crippen LogP contribution in [0.15, 0.2) is 30.3 Å². The quantitative estimate of drug-likeness (QED) is 0.800. The van der Waals surface area contributed by atoms with Crippen molar-refractivity contribution in [1.82, 2.24) is 0 Å². The Morgan fingerprint density at radius 2 is 2.07 bits per heavy atom. The minimum absolute atomic E-state index is 0.161. The molecule has 0 spiro atoms. The molecule has 1 aliphatic rings. The molecule has 3 heteroatoms. The first-order valence-corrected chi connectivity index (χ1v) is 6.30. The molecule has 2 rings (SSSR count). The molecule has 1 aliphatic heterocycles. The maximum absolute atomic E-state index is 9.96. The van der Waals surface area contributed by atoms with Gasteiger partial charge >= 0.3 is 0 Å². The zero-order valence-electron chi connectivity index (χ0n) is 8.63. The Balaban J connectivity index is 1.88. The van der Waals surface area contributed by atoms with Crippen LogP contribution in [0.5, 0.6) is 0 Å². The van der Waals surface area contributed by atoms with E-state index in [2.05, 4.69) is 0 Å². The number of aliphatic hydroxyl groups excluding tert-OH is 1. The highest BCUT2D eigenvalue weighted by Gasteiger charge is 2.19. The lowest BCUT2D eigenvalue weighted by Crippen LogP contribution is -2.16. The van der Waals surface area contributed by atoms with Crippen LogP contribution in [0.25, 0.3) is 0 Å². The first kappa shape index (κ1) is 11.0. The average molecular weight is 224 g/mol. The first-order chi connectivity index (χ1) is 7.36. The van der Waals surface area contributed by atoms with Crippen LogP contribution in [-0.4, -0.2) is 17.1 Å². The highest BCUT2D eigenvalue weighted by atomic mass is 32.2. The van der Waals surface area contributed by atoms with Crippen LogP contribution < -0.4 is 0 Å². The third kappa shape index (κ3) is 3.23. The van der Waals surface area contributed by atoms with E-state index in [0.717, 1.165) is 25.0 Å². The molecule has 0 amide bonds. The molecule has 15 heavy (non-hydrogen) atoms. The fourth-order valence-corrected chi connectivity index (χ4v) is 2.74. The van der Waals surface area contributed by atoms with Gasteiger partial charge in [0, 0.05) is 6.61 Å². The average Bonchev–Trinajstić information content (AvgIpc) is 2.31. The molecule has 1 fully saturated rings. The van der Waals surface area contributed by atoms with Gasteiger partial charge in [0.2, 0.25) is 0 Å². The van der Waals surface area contributed by atoms with Gasteiger partial charge in [0.15, 0.2) is 0 Å². The highest BCUT2D eigenvalue weighted by molar-refractivity contribution is 7.99. The van der Waals surface area contributed by atoms with E-state index >= 15 is 0 Å². The van der Waals surface area contributed by atoms with Crippen LogP contribution in [0, 0.1) is 0 Å². The maximum Gasteiger partial charge on any atom is 0.127 e. The Morgan fingerprint density at radius 3 is 2.73 bits per heavy atom. The van der Waals surface area contributed by atoms with Gasteiger partial charge in [-0.2, -0.15) is 0 Å². The van der Waals surface area contributed by atoms with Gasteiger partial charge in [-0.15, -0.1) is 0 Å². The minimum Gasteiger partial charge on any atom is -0.378 e. The SMILES string of the molecule is OC(SC1CCCCO1)c1ccccc1. The van der Waals surface area contributed by atoms with Gasteiger partial charge < -0.3 is 9.84 Å². The normalized spacial score (nSPS) is 23.7. The smallest absolute Gasteiger partial charge is 0.127 e. The van der Waals surface area contributed by atoms with E-state index in [1.54, 1.807) is 0 Å². The van der Waals surface area contributed by atoms with E-state index in [9.17, 15) is 5.11 Å². The van der Waals surface area contributed by atoms with Crippen LogP contribution in [0.3, 0.4) is 0 Å². The largest absolute Gasteiger partial charge is 0.378 e. The second-order valence-corrected chi connectivity index (χ2v) is 4.94. The second kappa shape index (κ2) is 5.54. The Hall–Kier alpha value is -0.510. The highest BCUT2D eigenvalue weighted by Crippen LogP contribution is 2.34. The second-order valence-electron chi connectivity index (χ2n) is 3.70. The number of hydrogen-bond donors (Lipinski definition) is 1. The van der Waals surface area contributed by atoms with Crippen molar-refractivity contribution in [2.24, 2.45) is 0 Å². The summed E-state index contributed by atoms with van der Waals surface area (Å²) in [7, 11) is 0. The van der Waals surface area contributed by atoms with Crippen molar-refractivity contribution in [3.8, 4) is 0 Å². The monoisotopic (exact) mass is 224 g/mol. The third-order valence-corrected chi connectivity index (χ3v) is 3.71. The molecule has 0 bridgehead atoms. The fraction of sp³-hybridized carbons (Fsp3) is 0.500. The van der Waals surface area contributed by atoms with E-state index in [1.807, 2.05) is 30.3 Å². The predicted molar refractivity (Wildman–Crippen MR) is 62.6 cm³/mol. The molecule has 2 atom stereocenters. The summed E-state index contributed by atoms with van der Waals surface area (Å²) < 4.78 is 5.57. The van der Waals surface area contributed by atoms with Crippen LogP contribution in [-0.2, 0) is 4.74 Å². The van der Waals surface area contributed by atoms with E-state index in [0.29, 0.717) is 0 Å². The van der Waals surface area contributed by atoms with E-state index in [-0.39, 0.29) is 5.44 Å². The van der Waals surface area contributed by atoms with Crippen LogP contribution in [0.2, 0.25) is 0 Å². The summed E-state index contributed by atoms with van der Waals surface area (Å²) in [5.41, 5.74) is 0.653. The summed E-state index contributed by atoms with van der Waals surface area (Å²) >= 11 is 1.51. The van der Waals surface area contributed by atoms with Gasteiger partial charge in [-0.1, -0.05) is 42.1 Å². The van der Waals surface area contributed by atoms with E-state index in [4.69, 9.17) is 4.74 Å². The zero-order valence-corrected chi connectivity index (χ0v) is 9.45. The number of hydrogen-bond acceptors (Lipinski definition) is 3. The number of thioether (sulfide) groups is 1. The molecular formula is C12H16O2S. The molecule has 1 saturated heterocycles. The number of ether oxygens (including phenoxy) is 1. The standard InChI is InChI=1S/C12H16O2S/c13-12(10-6-2-1-3-7-10)15-11-8-4-5-9-14-11/h1-3,6-7,11-13H,4-5,8-9H2. The van der Waals surface area contributed by atoms with Crippen molar-refractivity contribution in [1.29, 1.82) is 0 Å². The third-order valence-electron chi connectivity index (χ3n) is 2.50. The lowest BCUT2D eigenvalue weighted by Gasteiger charge is -2.24. The maximum atomic E-state index is 9.96. The molecule has 1 aromatic carbocycles. The van der Waals surface area contributed by atoms with Crippen molar-refractivity contribution >= 4 is 11.8 Å². The van der Waals surface area contributed by atoms with Crippen molar-refractivity contribution in [3.63, 3.8) is 0 Å². The predicted octanol–water partition coefficient (Wildman–Crippen LogP) is 2.94. The van der Waals surface area contributed by atoms with Crippen LogP contribution in [0.4, 0.5) is 0 Å². The Labute approximate surface area is 94.6 Å². The zero-order chi connectivity index (χ0) is 10.5. The summed E-state index contributed by atoms with van der Waals surface area (Å²) in [5, 5.41) is 9.96. The molecule has 2 nitrogen and oxygen atoms in total. The van der Waals surface area contributed by atoms with Gasteiger partial charge in [0.25, 0.3) is 0 Å². The van der Waals surface area contributed by atoms with E-state index < -0.39 is 5.44 Å². The van der Waals surface area contributed by atoms with Gasteiger partial charge in [-0.25, -0.2) is 0 Å². The lowest BCUT2D eigenvalue weighted by molar-refractivity contribution is 0.0704. The summed E-state index contributed by atoms with van der Waals surface area (Å²) in [6.07, 6.45) is 3.41. The summed E-state index contributed by atoms with van der Waals surface area (Å²) in [6, 6.07) is 9.74. The Kier molecular flexibility index (Phi) is 4.06. The lowest BCUT2D eigenvalue weighted by atomic mass is 10.2. The fourth-order valence-electron chi connectivity index (χ4n) is 1.66. The Bertz CT molecular complexity index is 283. The van der Waals surface area contributed by atoms with Crippen molar-refractivity contribution < 1.29 is 9.84 Å². The van der Waals surface area contributed by atoms with Gasteiger partial charge in [-0.05, 0) is 24.8 Å². The summed E-state index contributed by atoms with van der Waals surface area (Å²) in [4.78, 5) is 0.